The first-order chi connectivity index (χ1) is 14.9. The third kappa shape index (κ3) is 33.0. The minimum Gasteiger partial charge on any atom is -0.394 e. The van der Waals surface area contributed by atoms with Gasteiger partial charge in [-0.2, -0.15) is 0 Å². The molecule has 0 saturated carbocycles. The molecule has 0 aromatic carbocycles. The maximum absolute atomic E-state index is 13.3. The molecule has 1 N–H and O–H groups in total. The van der Waals surface area contributed by atoms with E-state index in [1.807, 2.05) is 0 Å². The summed E-state index contributed by atoms with van der Waals surface area (Å²) < 4.78 is 19.4. The predicted molar refractivity (Wildman–Crippen MR) is 141 cm³/mol. The minimum atomic E-state index is -2.39. The Hall–Kier alpha value is 0.864. The Balaban J connectivity index is -0.00000154. The quantitative estimate of drug-likeness (QED) is 0.0896. The fourth-order valence-electron chi connectivity index (χ4n) is 3.62. The summed E-state index contributed by atoms with van der Waals surface area (Å²) in [6.07, 6.45) is 24.2. The Morgan fingerprint density at radius 2 is 0.875 bits per heavy atom. The molecule has 0 atom stereocenters. The molecule has 0 aliphatic heterocycles. The van der Waals surface area contributed by atoms with E-state index in [0.29, 0.717) is 0 Å². The van der Waals surface area contributed by atoms with Crippen molar-refractivity contribution < 1.29 is 35.9 Å². The summed E-state index contributed by atoms with van der Waals surface area (Å²) in [6.45, 7) is 10.9. The number of aliphatic hydroxyl groups excluding tert-OH is 1. The van der Waals surface area contributed by atoms with Gasteiger partial charge in [-0.1, -0.05) is 117 Å². The van der Waals surface area contributed by atoms with Crippen LogP contribution in [0.2, 0.25) is 0 Å². The van der Waals surface area contributed by atoms with Crippen LogP contribution in [0.4, 0.5) is 0 Å². The van der Waals surface area contributed by atoms with Gasteiger partial charge in [0.2, 0.25) is 7.37 Å². The van der Waals surface area contributed by atoms with Crippen LogP contribution in [0.25, 0.3) is 0 Å². The average molecular weight is 511 g/mol. The van der Waals surface area contributed by atoms with Crippen LogP contribution in [-0.4, -0.2) is 30.1 Å². The fraction of sp³-hybridized carbons (Fsp3) is 1.00. The molecule has 0 aromatic rings. The van der Waals surface area contributed by atoms with Gasteiger partial charge in [0.05, 0.1) is 6.61 Å². The molecule has 0 saturated heterocycles. The van der Waals surface area contributed by atoms with Crippen molar-refractivity contribution in [3.63, 3.8) is 0 Å². The maximum atomic E-state index is 13.3. The maximum Gasteiger partial charge on any atom is 0.203 e. The van der Waals surface area contributed by atoms with Crippen molar-refractivity contribution in [1.82, 2.24) is 0 Å². The topological polar surface area (TPSA) is 46.5 Å². The molecule has 0 fully saturated rings. The van der Waals surface area contributed by atoms with Crippen molar-refractivity contribution in [3.05, 3.63) is 0 Å². The van der Waals surface area contributed by atoms with Crippen LogP contribution in [-0.2, 0) is 30.8 Å². The predicted octanol–water partition coefficient (Wildman–Crippen LogP) is 9.75. The standard InChI is InChI=1S/C24H51O2P.C3H8O.Ti/c1-4-7-10-13-16-19-22-26-27(25,23-20-17-14-11-8-5-2)24-21-18-15-12-9-6-3;1-3(2)4;/h4-24H2,1-3H3;3-4H,1-2H3;. The Bertz CT molecular complexity index is 355. The Kier molecular flexibility index (Phi) is 35.0. The summed E-state index contributed by atoms with van der Waals surface area (Å²) in [5.74, 6) is 0. The monoisotopic (exact) mass is 510 g/mol. The number of aliphatic hydroxyl groups is 1. The smallest absolute Gasteiger partial charge is 0.203 e. The minimum absolute atomic E-state index is 0. The first-order valence-electron chi connectivity index (χ1n) is 13.8. The van der Waals surface area contributed by atoms with Crippen LogP contribution in [0, 0.1) is 0 Å². The van der Waals surface area contributed by atoms with Crippen LogP contribution in [0.3, 0.4) is 0 Å². The summed E-state index contributed by atoms with van der Waals surface area (Å²) in [4.78, 5) is 0. The van der Waals surface area contributed by atoms with Crippen LogP contribution in [0.15, 0.2) is 0 Å². The molecule has 0 heterocycles. The molecule has 0 rings (SSSR count). The third-order valence-corrected chi connectivity index (χ3v) is 8.18. The Morgan fingerprint density at radius 1 is 0.594 bits per heavy atom. The molecule has 0 radical (unpaired) electrons. The summed E-state index contributed by atoms with van der Waals surface area (Å²) in [5, 5.41) is 8.06. The SMILES string of the molecule is CC(C)O.CCCCCCCCOP(=O)(CCCCCCCC)CCCCCCCC.[Ti]. The van der Waals surface area contributed by atoms with Crippen LogP contribution >= 0.6 is 7.37 Å². The van der Waals surface area contributed by atoms with Gasteiger partial charge in [-0.3, -0.25) is 4.57 Å². The summed E-state index contributed by atoms with van der Waals surface area (Å²) >= 11 is 0. The molecule has 32 heavy (non-hydrogen) atoms. The van der Waals surface area contributed by atoms with Crippen LogP contribution in [0.5, 0.6) is 0 Å². The first kappa shape index (κ1) is 37.4. The van der Waals surface area contributed by atoms with Gasteiger partial charge in [-0.15, -0.1) is 0 Å². The van der Waals surface area contributed by atoms with E-state index in [4.69, 9.17) is 9.63 Å². The van der Waals surface area contributed by atoms with Gasteiger partial charge in [-0.25, -0.2) is 0 Å². The van der Waals surface area contributed by atoms with Crippen molar-refractivity contribution in [2.45, 2.75) is 156 Å². The Morgan fingerprint density at radius 3 is 1.22 bits per heavy atom. The molecular weight excluding hydrogens is 451 g/mol. The molecule has 3 nitrogen and oxygen atoms in total. The number of rotatable bonds is 22. The normalized spacial score (nSPS) is 11.2. The van der Waals surface area contributed by atoms with E-state index >= 15 is 0 Å². The molecule has 0 bridgehead atoms. The first-order valence-corrected chi connectivity index (χ1v) is 15.8. The number of unbranched alkanes of at least 4 members (excludes halogenated alkanes) is 15. The van der Waals surface area contributed by atoms with Crippen molar-refractivity contribution in [1.29, 1.82) is 0 Å². The number of hydrogen-bond acceptors (Lipinski definition) is 3. The second-order valence-corrected chi connectivity index (χ2v) is 12.3. The van der Waals surface area contributed by atoms with E-state index in [1.165, 1.54) is 96.3 Å². The largest absolute Gasteiger partial charge is 0.394 e. The molecule has 5 heteroatoms. The molecular formula is C27H59O3PTi. The summed E-state index contributed by atoms with van der Waals surface area (Å²) in [7, 11) is -2.39. The van der Waals surface area contributed by atoms with E-state index in [0.717, 1.165) is 38.2 Å². The van der Waals surface area contributed by atoms with Crippen LogP contribution in [0.1, 0.15) is 150 Å². The van der Waals surface area contributed by atoms with E-state index in [9.17, 15) is 4.57 Å². The van der Waals surface area contributed by atoms with Crippen LogP contribution < -0.4 is 0 Å². The van der Waals surface area contributed by atoms with Gasteiger partial charge < -0.3 is 9.63 Å². The molecule has 0 aliphatic carbocycles. The van der Waals surface area contributed by atoms with Crippen molar-refractivity contribution in [2.75, 3.05) is 18.9 Å². The molecule has 194 valence electrons. The molecule has 0 aromatic heterocycles. The molecule has 0 spiro atoms. The summed E-state index contributed by atoms with van der Waals surface area (Å²) in [6, 6.07) is 0. The zero-order valence-corrected chi connectivity index (χ0v) is 25.1. The van der Waals surface area contributed by atoms with E-state index in [2.05, 4.69) is 20.8 Å². The third-order valence-electron chi connectivity index (χ3n) is 5.53. The fourth-order valence-corrected chi connectivity index (χ4v) is 5.97. The van der Waals surface area contributed by atoms with E-state index < -0.39 is 7.37 Å². The second kappa shape index (κ2) is 29.9. The van der Waals surface area contributed by atoms with E-state index in [-0.39, 0.29) is 27.8 Å². The van der Waals surface area contributed by atoms with Gasteiger partial charge in [0.15, 0.2) is 0 Å². The van der Waals surface area contributed by atoms with Gasteiger partial charge in [0.1, 0.15) is 0 Å². The van der Waals surface area contributed by atoms with Crippen molar-refractivity contribution in [2.24, 2.45) is 0 Å². The second-order valence-electron chi connectivity index (χ2n) is 9.49. The zero-order valence-electron chi connectivity index (χ0n) is 22.6. The van der Waals surface area contributed by atoms with Crippen molar-refractivity contribution >= 4 is 7.37 Å². The van der Waals surface area contributed by atoms with Gasteiger partial charge in [-0.05, 0) is 33.1 Å². The van der Waals surface area contributed by atoms with Gasteiger partial charge in [0.25, 0.3) is 0 Å². The Labute approximate surface area is 218 Å². The van der Waals surface area contributed by atoms with Crippen molar-refractivity contribution in [3.8, 4) is 0 Å². The molecule has 0 amide bonds. The molecule has 0 unspecified atom stereocenters. The number of hydrogen-bond donors (Lipinski definition) is 1. The summed E-state index contributed by atoms with van der Waals surface area (Å²) in [5.41, 5.74) is 0. The van der Waals surface area contributed by atoms with Gasteiger partial charge >= 0.3 is 0 Å². The average Bonchev–Trinajstić information content (AvgIpc) is 2.72. The van der Waals surface area contributed by atoms with Gasteiger partial charge in [0, 0.05) is 40.1 Å². The molecule has 0 aliphatic rings. The van der Waals surface area contributed by atoms with E-state index in [1.54, 1.807) is 13.8 Å². The zero-order chi connectivity index (χ0) is 23.6.